The fourth-order valence-electron chi connectivity index (χ4n) is 1.66. The lowest BCUT2D eigenvalue weighted by Gasteiger charge is -2.11. The molecular formula is C12H11Br2ClN2O3S. The maximum absolute atomic E-state index is 11.3. The van der Waals surface area contributed by atoms with Gasteiger partial charge < -0.3 is 9.30 Å². The SMILES string of the molecule is O=S(=O)(Cl)c1cc(Br)c(OCCCn2ccnc2)c(Br)c1. The van der Waals surface area contributed by atoms with E-state index in [0.29, 0.717) is 21.3 Å². The van der Waals surface area contributed by atoms with E-state index in [1.807, 2.05) is 10.8 Å². The van der Waals surface area contributed by atoms with E-state index in [1.54, 1.807) is 12.5 Å². The van der Waals surface area contributed by atoms with Gasteiger partial charge in [-0.25, -0.2) is 13.4 Å². The van der Waals surface area contributed by atoms with E-state index < -0.39 is 9.05 Å². The highest BCUT2D eigenvalue weighted by molar-refractivity contribution is 9.11. The zero-order valence-corrected chi connectivity index (χ0v) is 15.4. The molecule has 0 saturated carbocycles. The van der Waals surface area contributed by atoms with Crippen molar-refractivity contribution < 1.29 is 13.2 Å². The Kier molecular flexibility index (Phi) is 5.70. The predicted octanol–water partition coefficient (Wildman–Crippen LogP) is 3.80. The van der Waals surface area contributed by atoms with Gasteiger partial charge in [0.2, 0.25) is 0 Å². The standard InChI is InChI=1S/C12H11Br2ClN2O3S/c13-10-6-9(21(15,18)19)7-11(14)12(10)20-5-1-3-17-4-2-16-8-17/h2,4,6-8H,1,3,5H2. The molecule has 1 aromatic carbocycles. The number of aromatic nitrogens is 2. The van der Waals surface area contributed by atoms with Crippen molar-refractivity contribution >= 4 is 51.6 Å². The summed E-state index contributed by atoms with van der Waals surface area (Å²) < 4.78 is 31.3. The van der Waals surface area contributed by atoms with Crippen molar-refractivity contribution in [1.29, 1.82) is 0 Å². The van der Waals surface area contributed by atoms with Gasteiger partial charge in [0.1, 0.15) is 5.75 Å². The van der Waals surface area contributed by atoms with Crippen LogP contribution in [-0.2, 0) is 15.6 Å². The molecule has 21 heavy (non-hydrogen) atoms. The van der Waals surface area contributed by atoms with Gasteiger partial charge in [-0.2, -0.15) is 0 Å². The largest absolute Gasteiger partial charge is 0.491 e. The summed E-state index contributed by atoms with van der Waals surface area (Å²) in [5.74, 6) is 0.546. The molecule has 0 N–H and O–H groups in total. The van der Waals surface area contributed by atoms with Crippen molar-refractivity contribution in [3.63, 3.8) is 0 Å². The number of ether oxygens (including phenoxy) is 1. The molecule has 0 unspecified atom stereocenters. The lowest BCUT2D eigenvalue weighted by atomic mass is 10.3. The molecule has 0 fully saturated rings. The lowest BCUT2D eigenvalue weighted by Crippen LogP contribution is -2.04. The highest BCUT2D eigenvalue weighted by Crippen LogP contribution is 2.36. The molecule has 114 valence electrons. The molecule has 2 aromatic rings. The summed E-state index contributed by atoms with van der Waals surface area (Å²) in [4.78, 5) is 3.97. The number of benzene rings is 1. The number of imidazole rings is 1. The molecular weight excluding hydrogens is 447 g/mol. The van der Waals surface area contributed by atoms with Crippen LogP contribution in [0.25, 0.3) is 0 Å². The lowest BCUT2D eigenvalue weighted by molar-refractivity contribution is 0.298. The second-order valence-electron chi connectivity index (χ2n) is 4.16. The maximum atomic E-state index is 11.3. The Hall–Kier alpha value is -0.570. The molecule has 0 amide bonds. The van der Waals surface area contributed by atoms with Crippen LogP contribution in [0.2, 0.25) is 0 Å². The van der Waals surface area contributed by atoms with Gasteiger partial charge >= 0.3 is 0 Å². The first kappa shape index (κ1) is 16.8. The van der Waals surface area contributed by atoms with Crippen LogP contribution in [0.3, 0.4) is 0 Å². The van der Waals surface area contributed by atoms with E-state index >= 15 is 0 Å². The third-order valence-corrected chi connectivity index (χ3v) is 5.13. The summed E-state index contributed by atoms with van der Waals surface area (Å²) in [6, 6.07) is 2.83. The first-order valence-corrected chi connectivity index (χ1v) is 9.79. The van der Waals surface area contributed by atoms with Crippen molar-refractivity contribution in [1.82, 2.24) is 9.55 Å². The Morgan fingerprint density at radius 3 is 2.48 bits per heavy atom. The van der Waals surface area contributed by atoms with Gasteiger partial charge in [0.25, 0.3) is 9.05 Å². The molecule has 0 aliphatic heterocycles. The molecule has 0 atom stereocenters. The Bertz CT molecular complexity index is 697. The average molecular weight is 459 g/mol. The van der Waals surface area contributed by atoms with Crippen LogP contribution in [0.15, 0.2) is 44.7 Å². The monoisotopic (exact) mass is 456 g/mol. The Balaban J connectivity index is 2.00. The summed E-state index contributed by atoms with van der Waals surface area (Å²) in [6.45, 7) is 1.28. The molecule has 5 nitrogen and oxygen atoms in total. The topological polar surface area (TPSA) is 61.2 Å². The summed E-state index contributed by atoms with van der Waals surface area (Å²) in [6.07, 6.45) is 6.14. The van der Waals surface area contributed by atoms with Crippen molar-refractivity contribution in [2.75, 3.05) is 6.61 Å². The van der Waals surface area contributed by atoms with E-state index in [1.165, 1.54) is 12.1 Å². The van der Waals surface area contributed by atoms with Crippen molar-refractivity contribution in [2.45, 2.75) is 17.9 Å². The highest BCUT2D eigenvalue weighted by atomic mass is 79.9. The smallest absolute Gasteiger partial charge is 0.261 e. The van der Waals surface area contributed by atoms with Crippen molar-refractivity contribution in [3.05, 3.63) is 39.8 Å². The van der Waals surface area contributed by atoms with E-state index in [2.05, 4.69) is 36.8 Å². The van der Waals surface area contributed by atoms with Crippen LogP contribution in [0, 0.1) is 0 Å². The molecule has 0 bridgehead atoms. The zero-order valence-electron chi connectivity index (χ0n) is 10.7. The molecule has 0 aliphatic rings. The number of halogens is 3. The Morgan fingerprint density at radius 1 is 1.29 bits per heavy atom. The number of aryl methyl sites for hydroxylation is 1. The van der Waals surface area contributed by atoms with Gasteiger partial charge in [0, 0.05) is 29.6 Å². The maximum Gasteiger partial charge on any atom is 0.261 e. The van der Waals surface area contributed by atoms with Crippen LogP contribution < -0.4 is 4.74 Å². The Morgan fingerprint density at radius 2 is 1.95 bits per heavy atom. The molecule has 2 rings (SSSR count). The van der Waals surface area contributed by atoms with Gasteiger partial charge in [-0.1, -0.05) is 0 Å². The van der Waals surface area contributed by atoms with E-state index in [9.17, 15) is 8.42 Å². The van der Waals surface area contributed by atoms with Gasteiger partial charge in [0.05, 0.1) is 26.8 Å². The van der Waals surface area contributed by atoms with E-state index in [0.717, 1.165) is 13.0 Å². The van der Waals surface area contributed by atoms with Crippen LogP contribution in [0.5, 0.6) is 5.75 Å². The summed E-state index contributed by atoms with van der Waals surface area (Å²) in [5.41, 5.74) is 0. The third-order valence-electron chi connectivity index (χ3n) is 2.62. The fourth-order valence-corrected chi connectivity index (χ4v) is 4.16. The minimum Gasteiger partial charge on any atom is -0.491 e. The summed E-state index contributed by atoms with van der Waals surface area (Å²) >= 11 is 6.58. The number of rotatable bonds is 6. The molecule has 0 saturated heterocycles. The normalized spacial score (nSPS) is 11.6. The second-order valence-corrected chi connectivity index (χ2v) is 8.43. The molecule has 0 aliphatic carbocycles. The highest BCUT2D eigenvalue weighted by Gasteiger charge is 2.16. The van der Waals surface area contributed by atoms with Gasteiger partial charge in [-0.3, -0.25) is 0 Å². The predicted molar refractivity (Wildman–Crippen MR) is 87.2 cm³/mol. The average Bonchev–Trinajstić information content (AvgIpc) is 2.88. The second kappa shape index (κ2) is 7.13. The van der Waals surface area contributed by atoms with Crippen LogP contribution in [0.1, 0.15) is 6.42 Å². The van der Waals surface area contributed by atoms with E-state index in [4.69, 9.17) is 15.4 Å². The van der Waals surface area contributed by atoms with Crippen LogP contribution in [-0.4, -0.2) is 24.6 Å². The summed E-state index contributed by atoms with van der Waals surface area (Å²) in [7, 11) is 1.55. The Labute approximate surface area is 144 Å². The molecule has 0 radical (unpaired) electrons. The molecule has 0 spiro atoms. The minimum absolute atomic E-state index is 0.00804. The van der Waals surface area contributed by atoms with Gasteiger partial charge in [0.15, 0.2) is 0 Å². The third kappa shape index (κ3) is 4.70. The number of hydrogen-bond acceptors (Lipinski definition) is 4. The van der Waals surface area contributed by atoms with Crippen molar-refractivity contribution in [3.8, 4) is 5.75 Å². The minimum atomic E-state index is -3.77. The molecule has 1 heterocycles. The number of nitrogens with zero attached hydrogens (tertiary/aromatic N) is 2. The summed E-state index contributed by atoms with van der Waals surface area (Å²) in [5, 5.41) is 0. The molecule has 9 heteroatoms. The van der Waals surface area contributed by atoms with Crippen LogP contribution in [0.4, 0.5) is 0 Å². The fraction of sp³-hybridized carbons (Fsp3) is 0.250. The molecule has 1 aromatic heterocycles. The number of hydrogen-bond donors (Lipinski definition) is 0. The first-order valence-electron chi connectivity index (χ1n) is 5.90. The first-order chi connectivity index (χ1) is 9.88. The van der Waals surface area contributed by atoms with Crippen molar-refractivity contribution in [2.24, 2.45) is 0 Å². The van der Waals surface area contributed by atoms with Gasteiger partial charge in [-0.15, -0.1) is 0 Å². The van der Waals surface area contributed by atoms with Crippen LogP contribution >= 0.6 is 42.5 Å². The quantitative estimate of drug-likeness (QED) is 0.488. The van der Waals surface area contributed by atoms with E-state index in [-0.39, 0.29) is 4.90 Å². The van der Waals surface area contributed by atoms with Gasteiger partial charge in [-0.05, 0) is 50.4 Å². The zero-order chi connectivity index (χ0) is 15.5.